The lowest BCUT2D eigenvalue weighted by molar-refractivity contribution is -0.122. The van der Waals surface area contributed by atoms with E-state index in [0.29, 0.717) is 22.4 Å². The van der Waals surface area contributed by atoms with Gasteiger partial charge in [0.2, 0.25) is 0 Å². The zero-order valence-electron chi connectivity index (χ0n) is 14.7. The predicted octanol–water partition coefficient (Wildman–Crippen LogP) is 2.98. The van der Waals surface area contributed by atoms with E-state index in [0.717, 1.165) is 10.5 Å². The quantitative estimate of drug-likeness (QED) is 0.644. The number of phenols is 1. The van der Waals surface area contributed by atoms with Gasteiger partial charge < -0.3 is 5.11 Å². The second kappa shape index (κ2) is 6.48. The molecule has 0 bridgehead atoms. The maximum Gasteiger partial charge on any atom is 0.335 e. The number of barbiturate groups is 1. The molecule has 1 saturated heterocycles. The van der Waals surface area contributed by atoms with Crippen LogP contribution in [-0.4, -0.2) is 23.0 Å². The maximum absolute atomic E-state index is 12.8. The smallest absolute Gasteiger partial charge is 0.335 e. The van der Waals surface area contributed by atoms with Gasteiger partial charge in [-0.15, -0.1) is 0 Å². The fourth-order valence-electron chi connectivity index (χ4n) is 2.83. The molecule has 0 saturated carbocycles. The lowest BCUT2D eigenvalue weighted by atomic mass is 10.0. The molecule has 6 heteroatoms. The Balaban J connectivity index is 2.04. The summed E-state index contributed by atoms with van der Waals surface area (Å²) in [5.41, 5.74) is 3.08. The molecule has 0 unspecified atom stereocenters. The van der Waals surface area contributed by atoms with E-state index in [1.807, 2.05) is 6.92 Å². The molecule has 2 aromatic rings. The van der Waals surface area contributed by atoms with Gasteiger partial charge in [0.25, 0.3) is 11.8 Å². The number of carbonyl (C=O) groups is 3. The van der Waals surface area contributed by atoms with Gasteiger partial charge in [0, 0.05) is 0 Å². The normalized spacial score (nSPS) is 16.2. The van der Waals surface area contributed by atoms with Crippen molar-refractivity contribution < 1.29 is 19.5 Å². The molecule has 0 atom stereocenters. The van der Waals surface area contributed by atoms with E-state index < -0.39 is 17.8 Å². The van der Waals surface area contributed by atoms with Gasteiger partial charge in [0.15, 0.2) is 0 Å². The molecule has 26 heavy (non-hydrogen) atoms. The number of amides is 4. The van der Waals surface area contributed by atoms with E-state index in [1.165, 1.54) is 6.08 Å². The number of hydrogen-bond acceptors (Lipinski definition) is 4. The molecular weight excluding hydrogens is 332 g/mol. The predicted molar refractivity (Wildman–Crippen MR) is 97.8 cm³/mol. The molecule has 0 spiro atoms. The topological polar surface area (TPSA) is 86.7 Å². The molecule has 1 aliphatic heterocycles. The molecule has 0 aliphatic carbocycles. The van der Waals surface area contributed by atoms with Crippen molar-refractivity contribution in [3.63, 3.8) is 0 Å². The Morgan fingerprint density at radius 3 is 2.12 bits per heavy atom. The Kier molecular flexibility index (Phi) is 4.34. The number of rotatable bonds is 2. The summed E-state index contributed by atoms with van der Waals surface area (Å²) in [6, 6.07) is 9.42. The van der Waals surface area contributed by atoms with Gasteiger partial charge in [-0.1, -0.05) is 17.7 Å². The molecule has 132 valence electrons. The van der Waals surface area contributed by atoms with E-state index in [2.05, 4.69) is 5.32 Å². The van der Waals surface area contributed by atoms with Gasteiger partial charge in [-0.05, 0) is 67.8 Å². The van der Waals surface area contributed by atoms with Crippen molar-refractivity contribution in [3.05, 3.63) is 64.2 Å². The van der Waals surface area contributed by atoms with E-state index in [1.54, 1.807) is 50.2 Å². The second-order valence-corrected chi connectivity index (χ2v) is 6.30. The van der Waals surface area contributed by atoms with Gasteiger partial charge in [0.05, 0.1) is 5.69 Å². The highest BCUT2D eigenvalue weighted by Gasteiger charge is 2.36. The summed E-state index contributed by atoms with van der Waals surface area (Å²) in [5.74, 6) is -1.26. The first-order chi connectivity index (χ1) is 12.3. The highest BCUT2D eigenvalue weighted by Crippen LogP contribution is 2.26. The number of carbonyl (C=O) groups excluding carboxylic acids is 3. The summed E-state index contributed by atoms with van der Waals surface area (Å²) >= 11 is 0. The molecule has 0 radical (unpaired) electrons. The van der Waals surface area contributed by atoms with Crippen molar-refractivity contribution >= 4 is 29.6 Å². The van der Waals surface area contributed by atoms with Crippen LogP contribution in [0, 0.1) is 20.8 Å². The molecule has 4 amide bonds. The van der Waals surface area contributed by atoms with Crippen LogP contribution in [-0.2, 0) is 9.59 Å². The fourth-order valence-corrected chi connectivity index (χ4v) is 2.83. The van der Waals surface area contributed by atoms with Crippen LogP contribution in [0.1, 0.15) is 22.3 Å². The molecule has 1 aliphatic rings. The monoisotopic (exact) mass is 350 g/mol. The van der Waals surface area contributed by atoms with Crippen LogP contribution in [0.15, 0.2) is 42.0 Å². The van der Waals surface area contributed by atoms with Gasteiger partial charge >= 0.3 is 6.03 Å². The number of aromatic hydroxyl groups is 1. The summed E-state index contributed by atoms with van der Waals surface area (Å²) in [6.45, 7) is 5.36. The van der Waals surface area contributed by atoms with Gasteiger partial charge in [-0.25, -0.2) is 9.69 Å². The van der Waals surface area contributed by atoms with E-state index >= 15 is 0 Å². The van der Waals surface area contributed by atoms with Crippen LogP contribution < -0.4 is 10.2 Å². The van der Waals surface area contributed by atoms with Crippen LogP contribution in [0.3, 0.4) is 0 Å². The molecule has 0 aromatic heterocycles. The van der Waals surface area contributed by atoms with Crippen molar-refractivity contribution in [2.75, 3.05) is 4.90 Å². The second-order valence-electron chi connectivity index (χ2n) is 6.30. The number of hydrogen-bond donors (Lipinski definition) is 2. The van der Waals surface area contributed by atoms with Gasteiger partial charge in [-0.2, -0.15) is 0 Å². The first-order valence-corrected chi connectivity index (χ1v) is 8.06. The number of urea groups is 1. The summed E-state index contributed by atoms with van der Waals surface area (Å²) in [4.78, 5) is 38.1. The molecule has 3 rings (SSSR count). The third-order valence-corrected chi connectivity index (χ3v) is 4.22. The molecule has 2 N–H and O–H groups in total. The Morgan fingerprint density at radius 1 is 0.962 bits per heavy atom. The minimum atomic E-state index is -0.779. The Hall–Kier alpha value is -3.41. The van der Waals surface area contributed by atoms with Crippen molar-refractivity contribution in [1.29, 1.82) is 0 Å². The molecular formula is C20H18N2O4. The number of nitrogens with one attached hydrogen (secondary N) is 1. The third kappa shape index (κ3) is 3.09. The van der Waals surface area contributed by atoms with Gasteiger partial charge in [0.1, 0.15) is 11.3 Å². The zero-order chi connectivity index (χ0) is 19.0. The number of phenolic OH excluding ortho intramolecular Hbond substituents is 1. The standard InChI is InChI=1S/C20H18N2O4/c1-11-4-6-15(7-5-11)22-19(25)16(18(24)21-20(22)26)10-14-8-12(2)17(23)13(3)9-14/h4-10,23H,1-3H3,(H,21,24,26)/b16-10+. The molecule has 2 aromatic carbocycles. The van der Waals surface area contributed by atoms with E-state index in [-0.39, 0.29) is 11.3 Å². The maximum atomic E-state index is 12.8. The molecule has 6 nitrogen and oxygen atoms in total. The lowest BCUT2D eigenvalue weighted by Crippen LogP contribution is -2.54. The van der Waals surface area contributed by atoms with Crippen LogP contribution in [0.5, 0.6) is 5.75 Å². The third-order valence-electron chi connectivity index (χ3n) is 4.22. The minimum absolute atomic E-state index is 0.144. The van der Waals surface area contributed by atoms with Crippen LogP contribution in [0.25, 0.3) is 6.08 Å². The number of nitrogens with zero attached hydrogens (tertiary/aromatic N) is 1. The Bertz CT molecular complexity index is 935. The Labute approximate surface area is 150 Å². The van der Waals surface area contributed by atoms with E-state index in [4.69, 9.17) is 0 Å². The number of aryl methyl sites for hydroxylation is 3. The highest BCUT2D eigenvalue weighted by atomic mass is 16.3. The number of imide groups is 2. The van der Waals surface area contributed by atoms with Crippen molar-refractivity contribution in [1.82, 2.24) is 5.32 Å². The molecule has 1 fully saturated rings. The van der Waals surface area contributed by atoms with E-state index in [9.17, 15) is 19.5 Å². The summed E-state index contributed by atoms with van der Waals surface area (Å²) in [6.07, 6.45) is 1.42. The average Bonchev–Trinajstić information content (AvgIpc) is 2.58. The average molecular weight is 350 g/mol. The van der Waals surface area contributed by atoms with Crippen molar-refractivity contribution in [2.45, 2.75) is 20.8 Å². The summed E-state index contributed by atoms with van der Waals surface area (Å²) in [5, 5.41) is 12.1. The van der Waals surface area contributed by atoms with Crippen LogP contribution >= 0.6 is 0 Å². The number of anilines is 1. The lowest BCUT2D eigenvalue weighted by Gasteiger charge is -2.26. The first kappa shape index (κ1) is 17.4. The fraction of sp³-hybridized carbons (Fsp3) is 0.150. The van der Waals surface area contributed by atoms with Crippen LogP contribution in [0.2, 0.25) is 0 Å². The van der Waals surface area contributed by atoms with Gasteiger partial charge in [-0.3, -0.25) is 14.9 Å². The summed E-state index contributed by atoms with van der Waals surface area (Å²) in [7, 11) is 0. The van der Waals surface area contributed by atoms with Crippen LogP contribution in [0.4, 0.5) is 10.5 Å². The zero-order valence-corrected chi connectivity index (χ0v) is 14.7. The first-order valence-electron chi connectivity index (χ1n) is 8.06. The highest BCUT2D eigenvalue weighted by molar-refractivity contribution is 6.39. The SMILES string of the molecule is Cc1ccc(N2C(=O)NC(=O)/C(=C\c3cc(C)c(O)c(C)c3)C2=O)cc1. The van der Waals surface area contributed by atoms with Crippen molar-refractivity contribution in [3.8, 4) is 5.75 Å². The minimum Gasteiger partial charge on any atom is -0.507 e. The number of benzene rings is 2. The van der Waals surface area contributed by atoms with Crippen molar-refractivity contribution in [2.24, 2.45) is 0 Å². The Morgan fingerprint density at radius 2 is 1.54 bits per heavy atom. The molecule has 1 heterocycles. The summed E-state index contributed by atoms with van der Waals surface area (Å²) < 4.78 is 0. The largest absolute Gasteiger partial charge is 0.507 e.